The highest BCUT2D eigenvalue weighted by Gasteiger charge is 2.53. The molecule has 1 fully saturated rings. The third-order valence-electron chi connectivity index (χ3n) is 5.59. The molecule has 1 amide bonds. The Morgan fingerprint density at radius 1 is 1.06 bits per heavy atom. The molecule has 2 heterocycles. The summed E-state index contributed by atoms with van der Waals surface area (Å²) in [5, 5.41) is 18.3. The van der Waals surface area contributed by atoms with Crippen LogP contribution in [0.15, 0.2) is 59.4 Å². The van der Waals surface area contributed by atoms with Crippen molar-refractivity contribution in [1.29, 1.82) is 0 Å². The number of carbonyl (C=O) groups is 1. The number of amides is 1. The Balaban J connectivity index is 1.33. The van der Waals surface area contributed by atoms with Crippen molar-refractivity contribution in [2.45, 2.75) is 18.3 Å². The molecule has 2 aromatic carbocycles. The van der Waals surface area contributed by atoms with E-state index in [1.807, 2.05) is 42.5 Å². The van der Waals surface area contributed by atoms with Gasteiger partial charge in [-0.25, -0.2) is 4.68 Å². The smallest absolute Gasteiger partial charge is 0.236 e. The van der Waals surface area contributed by atoms with Crippen LogP contribution in [0.3, 0.4) is 0 Å². The number of nitrogens with one attached hydrogen (secondary N) is 1. The van der Waals surface area contributed by atoms with Gasteiger partial charge in [0.2, 0.25) is 5.91 Å². The number of anilines is 1. The predicted molar refractivity (Wildman–Crippen MR) is 114 cm³/mol. The van der Waals surface area contributed by atoms with Crippen LogP contribution in [0, 0.1) is 0 Å². The van der Waals surface area contributed by atoms with Crippen molar-refractivity contribution in [3.8, 4) is 28.5 Å². The quantitative estimate of drug-likeness (QED) is 0.474. The molecule has 0 bridgehead atoms. The molecule has 2 aromatic heterocycles. The number of ether oxygens (including phenoxy) is 2. The summed E-state index contributed by atoms with van der Waals surface area (Å²) in [7, 11) is 3.16. The first kappa shape index (κ1) is 19.7. The van der Waals surface area contributed by atoms with E-state index in [9.17, 15) is 4.79 Å². The predicted octanol–water partition coefficient (Wildman–Crippen LogP) is 3.00. The third-order valence-corrected chi connectivity index (χ3v) is 5.59. The number of methoxy groups -OCH3 is 2. The summed E-state index contributed by atoms with van der Waals surface area (Å²) < 4.78 is 17.7. The molecule has 0 saturated heterocycles. The second-order valence-corrected chi connectivity index (χ2v) is 7.48. The van der Waals surface area contributed by atoms with Gasteiger partial charge < -0.3 is 19.3 Å². The maximum absolute atomic E-state index is 13.1. The van der Waals surface area contributed by atoms with Gasteiger partial charge in [0.1, 0.15) is 6.33 Å². The Hall–Kier alpha value is -4.21. The van der Waals surface area contributed by atoms with Gasteiger partial charge in [-0.05, 0) is 65.7 Å². The van der Waals surface area contributed by atoms with E-state index in [2.05, 4.69) is 26.0 Å². The van der Waals surface area contributed by atoms with Crippen molar-refractivity contribution in [2.75, 3.05) is 19.5 Å². The van der Waals surface area contributed by atoms with Crippen molar-refractivity contribution < 1.29 is 18.8 Å². The zero-order valence-electron chi connectivity index (χ0n) is 17.5. The molecule has 0 spiro atoms. The molecular formula is C22H20N6O4. The van der Waals surface area contributed by atoms with Crippen LogP contribution >= 0.6 is 0 Å². The lowest BCUT2D eigenvalue weighted by Crippen LogP contribution is -2.28. The first-order valence-electron chi connectivity index (χ1n) is 9.97. The van der Waals surface area contributed by atoms with Crippen LogP contribution < -0.4 is 14.8 Å². The van der Waals surface area contributed by atoms with E-state index in [0.717, 1.165) is 11.3 Å². The lowest BCUT2D eigenvalue weighted by Gasteiger charge is -2.12. The van der Waals surface area contributed by atoms with Crippen LogP contribution in [0.2, 0.25) is 0 Å². The monoisotopic (exact) mass is 432 g/mol. The van der Waals surface area contributed by atoms with Gasteiger partial charge in [-0.15, -0.1) is 5.10 Å². The summed E-state index contributed by atoms with van der Waals surface area (Å²) in [6.07, 6.45) is 2.92. The van der Waals surface area contributed by atoms with E-state index in [0.29, 0.717) is 41.5 Å². The maximum atomic E-state index is 13.1. The molecule has 1 saturated carbocycles. The zero-order valence-corrected chi connectivity index (χ0v) is 17.5. The number of nitrogens with zero attached hydrogens (tertiary/aromatic N) is 5. The van der Waals surface area contributed by atoms with E-state index in [1.165, 1.54) is 6.33 Å². The summed E-state index contributed by atoms with van der Waals surface area (Å²) >= 11 is 0. The fourth-order valence-electron chi connectivity index (χ4n) is 3.58. The molecule has 1 aliphatic carbocycles. The molecule has 0 aliphatic heterocycles. The molecule has 10 heteroatoms. The van der Waals surface area contributed by atoms with Crippen LogP contribution in [0.25, 0.3) is 17.0 Å². The maximum Gasteiger partial charge on any atom is 0.236 e. The highest BCUT2D eigenvalue weighted by Crippen LogP contribution is 2.49. The van der Waals surface area contributed by atoms with Crippen LogP contribution in [0.1, 0.15) is 18.5 Å². The summed E-state index contributed by atoms with van der Waals surface area (Å²) in [5.41, 5.74) is 2.19. The van der Waals surface area contributed by atoms with Crippen LogP contribution in [-0.4, -0.2) is 45.5 Å². The number of hydrogen-bond donors (Lipinski definition) is 1. The molecule has 10 nitrogen and oxygen atoms in total. The van der Waals surface area contributed by atoms with Gasteiger partial charge in [-0.1, -0.05) is 5.16 Å². The number of tetrazole rings is 1. The minimum absolute atomic E-state index is 0.111. The average Bonchev–Trinajstić information content (AvgIpc) is 3.23. The van der Waals surface area contributed by atoms with Gasteiger partial charge in [0.05, 0.1) is 31.0 Å². The zero-order chi connectivity index (χ0) is 22.1. The topological polar surface area (TPSA) is 117 Å². The minimum atomic E-state index is -0.688. The lowest BCUT2D eigenvalue weighted by atomic mass is 10.00. The molecule has 162 valence electrons. The molecule has 0 unspecified atom stereocenters. The van der Waals surface area contributed by atoms with Crippen molar-refractivity contribution in [3.05, 3.63) is 60.6 Å². The Labute approximate surface area is 183 Å². The summed E-state index contributed by atoms with van der Waals surface area (Å²) in [6.45, 7) is 0. The fraction of sp³-hybridized carbons (Fsp3) is 0.227. The number of carbonyl (C=O) groups excluding carboxylic acids is 1. The van der Waals surface area contributed by atoms with Crippen LogP contribution in [-0.2, 0) is 10.2 Å². The molecule has 1 N–H and O–H groups in total. The number of hydrogen-bond acceptors (Lipinski definition) is 8. The normalized spacial score (nSPS) is 14.1. The molecule has 1 aliphatic rings. The minimum Gasteiger partial charge on any atom is -0.493 e. The van der Waals surface area contributed by atoms with E-state index in [1.54, 1.807) is 25.0 Å². The van der Waals surface area contributed by atoms with Gasteiger partial charge in [0.15, 0.2) is 17.3 Å². The number of rotatable bonds is 7. The van der Waals surface area contributed by atoms with E-state index in [-0.39, 0.29) is 5.91 Å². The van der Waals surface area contributed by atoms with Gasteiger partial charge in [-0.2, -0.15) is 0 Å². The van der Waals surface area contributed by atoms with Gasteiger partial charge in [0, 0.05) is 17.3 Å². The summed E-state index contributed by atoms with van der Waals surface area (Å²) in [4.78, 5) is 13.1. The average molecular weight is 432 g/mol. The van der Waals surface area contributed by atoms with Gasteiger partial charge in [-0.3, -0.25) is 4.79 Å². The van der Waals surface area contributed by atoms with E-state index in [4.69, 9.17) is 14.0 Å². The van der Waals surface area contributed by atoms with Crippen LogP contribution in [0.4, 0.5) is 5.69 Å². The Bertz CT molecular complexity index is 1250. The Morgan fingerprint density at radius 2 is 1.84 bits per heavy atom. The molecule has 4 aromatic rings. The van der Waals surface area contributed by atoms with E-state index >= 15 is 0 Å². The van der Waals surface area contributed by atoms with Crippen molar-refractivity contribution in [3.63, 3.8) is 0 Å². The Morgan fingerprint density at radius 3 is 2.50 bits per heavy atom. The number of aromatic nitrogens is 5. The van der Waals surface area contributed by atoms with Gasteiger partial charge in [0.25, 0.3) is 0 Å². The molecule has 32 heavy (non-hydrogen) atoms. The first-order chi connectivity index (χ1) is 15.6. The highest BCUT2D eigenvalue weighted by molar-refractivity contribution is 6.01. The van der Waals surface area contributed by atoms with Crippen LogP contribution in [0.5, 0.6) is 11.5 Å². The second-order valence-electron chi connectivity index (χ2n) is 7.48. The fourth-order valence-corrected chi connectivity index (χ4v) is 3.58. The van der Waals surface area contributed by atoms with Crippen molar-refractivity contribution in [1.82, 2.24) is 25.4 Å². The summed E-state index contributed by atoms with van der Waals surface area (Å²) in [5.74, 6) is 1.66. The highest BCUT2D eigenvalue weighted by atomic mass is 16.5. The third kappa shape index (κ3) is 3.45. The number of benzene rings is 2. The summed E-state index contributed by atoms with van der Waals surface area (Å²) in [6, 6.07) is 14.6. The largest absolute Gasteiger partial charge is 0.493 e. The van der Waals surface area contributed by atoms with Gasteiger partial charge >= 0.3 is 0 Å². The van der Waals surface area contributed by atoms with Crippen molar-refractivity contribution in [2.24, 2.45) is 0 Å². The Kier molecular flexibility index (Phi) is 4.81. The molecule has 5 rings (SSSR count). The first-order valence-corrected chi connectivity index (χ1v) is 9.97. The van der Waals surface area contributed by atoms with E-state index < -0.39 is 5.41 Å². The molecule has 0 radical (unpaired) electrons. The molecule has 0 atom stereocenters. The standard InChI is InChI=1S/C22H20N6O4/c1-30-17-8-3-14(11-19(17)31-2)18-12-20(25-32-18)22(9-10-22)21(29)24-15-4-6-16(7-5-15)28-13-23-26-27-28/h3-8,11-13H,9-10H2,1-2H3,(H,24,29). The second kappa shape index (κ2) is 7.80. The SMILES string of the molecule is COc1ccc(-c2cc(C3(C(=O)Nc4ccc(-n5cnnn5)cc4)CC3)no2)cc1OC. The lowest BCUT2D eigenvalue weighted by molar-refractivity contribution is -0.118. The molecular weight excluding hydrogens is 412 g/mol. The van der Waals surface area contributed by atoms with Crippen molar-refractivity contribution >= 4 is 11.6 Å².